The Hall–Kier alpha value is -2.34. The normalized spacial score (nSPS) is 19.0. The van der Waals surface area contributed by atoms with Crippen molar-refractivity contribution in [2.45, 2.75) is 67.2 Å². The van der Waals surface area contributed by atoms with Crippen LogP contribution >= 0.6 is 0 Å². The smallest absolute Gasteiger partial charge is 0.0161 e. The maximum atomic E-state index is 4.18. The van der Waals surface area contributed by atoms with E-state index in [1.54, 1.807) is 0 Å². The monoisotopic (exact) mass is 414 g/mol. The van der Waals surface area contributed by atoms with Gasteiger partial charge in [-0.15, -0.1) is 0 Å². The third-order valence-electron chi connectivity index (χ3n) is 7.54. The molecule has 1 aromatic carbocycles. The fraction of sp³-hybridized carbons (Fsp3) is 0.419. The summed E-state index contributed by atoms with van der Waals surface area (Å²) in [5.41, 5.74) is 9.37. The molecule has 1 aliphatic rings. The zero-order valence-electron chi connectivity index (χ0n) is 21.0. The van der Waals surface area contributed by atoms with Gasteiger partial charge in [-0.1, -0.05) is 108 Å². The van der Waals surface area contributed by atoms with Gasteiger partial charge in [-0.3, -0.25) is 0 Å². The van der Waals surface area contributed by atoms with Gasteiger partial charge in [-0.2, -0.15) is 0 Å². The molecule has 0 saturated carbocycles. The van der Waals surface area contributed by atoms with Gasteiger partial charge in [-0.05, 0) is 78.3 Å². The molecule has 166 valence electrons. The summed E-state index contributed by atoms with van der Waals surface area (Å²) in [7, 11) is 0. The van der Waals surface area contributed by atoms with Crippen molar-refractivity contribution in [2.75, 3.05) is 0 Å². The number of allylic oxidation sites excluding steroid dienone is 8. The standard InChI is InChI=1S/C31H42/c1-11-16-25-19-20-28-27(29(14-4)31(9,10)30(28)26(25)13-3)18-15-17-22(6)24(8)23(7)21(5)12-2/h11-17,19-20,22-24H,3-4,18H2,1-2,5-10H3/b16-11-,17-15+,21-12+. The highest BCUT2D eigenvalue weighted by molar-refractivity contribution is 5.87. The van der Waals surface area contributed by atoms with Crippen LogP contribution in [-0.2, 0) is 5.41 Å². The highest BCUT2D eigenvalue weighted by Gasteiger charge is 2.37. The molecule has 0 bridgehead atoms. The van der Waals surface area contributed by atoms with Crippen LogP contribution < -0.4 is 0 Å². The molecular formula is C31H42. The molecule has 0 radical (unpaired) electrons. The first-order valence-electron chi connectivity index (χ1n) is 11.7. The maximum Gasteiger partial charge on any atom is 0.0161 e. The zero-order valence-corrected chi connectivity index (χ0v) is 21.0. The van der Waals surface area contributed by atoms with Crippen LogP contribution in [0, 0.1) is 17.8 Å². The molecule has 31 heavy (non-hydrogen) atoms. The molecule has 0 N–H and O–H groups in total. The highest BCUT2D eigenvalue weighted by atomic mass is 14.4. The molecule has 1 aliphatic carbocycles. The minimum absolute atomic E-state index is 0.0716. The van der Waals surface area contributed by atoms with E-state index >= 15 is 0 Å². The van der Waals surface area contributed by atoms with Crippen LogP contribution in [0.25, 0.3) is 17.7 Å². The van der Waals surface area contributed by atoms with Gasteiger partial charge in [-0.25, -0.2) is 0 Å². The van der Waals surface area contributed by atoms with Crippen molar-refractivity contribution in [1.82, 2.24) is 0 Å². The lowest BCUT2D eigenvalue weighted by Gasteiger charge is -2.25. The lowest BCUT2D eigenvalue weighted by molar-refractivity contribution is 0.358. The second-order valence-electron chi connectivity index (χ2n) is 9.59. The molecule has 0 saturated heterocycles. The maximum absolute atomic E-state index is 4.18. The topological polar surface area (TPSA) is 0 Å². The molecular weight excluding hydrogens is 372 g/mol. The largest absolute Gasteiger partial charge is 0.0987 e. The van der Waals surface area contributed by atoms with Crippen LogP contribution in [0.2, 0.25) is 0 Å². The summed E-state index contributed by atoms with van der Waals surface area (Å²) in [6, 6.07) is 4.52. The van der Waals surface area contributed by atoms with Gasteiger partial charge < -0.3 is 0 Å². The molecule has 0 heterocycles. The van der Waals surface area contributed by atoms with Gasteiger partial charge in [0.2, 0.25) is 0 Å². The van der Waals surface area contributed by atoms with E-state index in [2.05, 4.69) is 117 Å². The highest BCUT2D eigenvalue weighted by Crippen LogP contribution is 2.50. The molecule has 0 nitrogen and oxygen atoms in total. The van der Waals surface area contributed by atoms with Crippen molar-refractivity contribution in [1.29, 1.82) is 0 Å². The third-order valence-corrected chi connectivity index (χ3v) is 7.54. The van der Waals surface area contributed by atoms with Crippen LogP contribution in [0.15, 0.2) is 66.8 Å². The molecule has 0 fully saturated rings. The molecule has 0 aromatic heterocycles. The number of hydrogen-bond acceptors (Lipinski definition) is 0. The van der Waals surface area contributed by atoms with E-state index in [1.807, 2.05) is 6.08 Å². The van der Waals surface area contributed by atoms with Crippen LogP contribution in [0.1, 0.15) is 84.1 Å². The average molecular weight is 415 g/mol. The summed E-state index contributed by atoms with van der Waals surface area (Å²) in [4.78, 5) is 0. The lowest BCUT2D eigenvalue weighted by Crippen LogP contribution is -2.18. The quantitative estimate of drug-likeness (QED) is 0.353. The minimum Gasteiger partial charge on any atom is -0.0987 e. The Morgan fingerprint density at radius 3 is 2.29 bits per heavy atom. The second-order valence-corrected chi connectivity index (χ2v) is 9.59. The van der Waals surface area contributed by atoms with E-state index < -0.39 is 0 Å². The molecule has 1 aromatic rings. The van der Waals surface area contributed by atoms with Gasteiger partial charge in [0.1, 0.15) is 0 Å². The number of rotatable bonds is 9. The van der Waals surface area contributed by atoms with Crippen LogP contribution in [0.5, 0.6) is 0 Å². The van der Waals surface area contributed by atoms with E-state index in [1.165, 1.54) is 39.0 Å². The Bertz CT molecular complexity index is 942. The Morgan fingerprint density at radius 2 is 1.74 bits per heavy atom. The fourth-order valence-corrected chi connectivity index (χ4v) is 5.07. The minimum atomic E-state index is -0.0716. The molecule has 3 atom stereocenters. The van der Waals surface area contributed by atoms with Crippen molar-refractivity contribution >= 4 is 17.7 Å². The zero-order chi connectivity index (χ0) is 23.3. The number of fused-ring (bicyclic) bond motifs is 1. The Balaban J connectivity index is 2.41. The molecule has 0 heteroatoms. The second kappa shape index (κ2) is 10.3. The summed E-state index contributed by atoms with van der Waals surface area (Å²) < 4.78 is 0. The van der Waals surface area contributed by atoms with Crippen molar-refractivity contribution in [3.8, 4) is 0 Å². The van der Waals surface area contributed by atoms with E-state index in [-0.39, 0.29) is 5.41 Å². The fourth-order valence-electron chi connectivity index (χ4n) is 5.07. The number of benzene rings is 1. The van der Waals surface area contributed by atoms with E-state index in [0.29, 0.717) is 17.8 Å². The summed E-state index contributed by atoms with van der Waals surface area (Å²) in [5.74, 6) is 1.75. The number of hydrogen-bond donors (Lipinski definition) is 0. The molecule has 0 spiro atoms. The van der Waals surface area contributed by atoms with Crippen molar-refractivity contribution in [2.24, 2.45) is 17.8 Å². The lowest BCUT2D eigenvalue weighted by atomic mass is 9.78. The van der Waals surface area contributed by atoms with Crippen molar-refractivity contribution in [3.05, 3.63) is 89.1 Å². The van der Waals surface area contributed by atoms with Gasteiger partial charge in [0.05, 0.1) is 0 Å². The summed E-state index contributed by atoms with van der Waals surface area (Å²) in [5, 5.41) is 0. The Labute approximate surface area is 191 Å². The van der Waals surface area contributed by atoms with E-state index in [9.17, 15) is 0 Å². The Morgan fingerprint density at radius 1 is 1.06 bits per heavy atom. The van der Waals surface area contributed by atoms with E-state index in [0.717, 1.165) is 6.42 Å². The first kappa shape index (κ1) is 24.9. The van der Waals surface area contributed by atoms with Crippen molar-refractivity contribution < 1.29 is 0 Å². The van der Waals surface area contributed by atoms with Gasteiger partial charge in [0.25, 0.3) is 0 Å². The molecule has 0 aliphatic heterocycles. The van der Waals surface area contributed by atoms with Gasteiger partial charge in [0, 0.05) is 5.41 Å². The van der Waals surface area contributed by atoms with Crippen LogP contribution in [-0.4, -0.2) is 0 Å². The molecule has 0 amide bonds. The van der Waals surface area contributed by atoms with E-state index in [4.69, 9.17) is 0 Å². The first-order chi connectivity index (χ1) is 14.6. The van der Waals surface area contributed by atoms with Gasteiger partial charge >= 0.3 is 0 Å². The Kier molecular flexibility index (Phi) is 8.29. The first-order valence-corrected chi connectivity index (χ1v) is 11.7. The predicted molar refractivity (Wildman–Crippen MR) is 142 cm³/mol. The predicted octanol–water partition coefficient (Wildman–Crippen LogP) is 9.41. The van der Waals surface area contributed by atoms with Gasteiger partial charge in [0.15, 0.2) is 0 Å². The van der Waals surface area contributed by atoms with Crippen LogP contribution in [0.4, 0.5) is 0 Å². The molecule has 2 rings (SSSR count). The average Bonchev–Trinajstić information content (AvgIpc) is 2.97. The third kappa shape index (κ3) is 4.79. The van der Waals surface area contributed by atoms with Crippen LogP contribution in [0.3, 0.4) is 0 Å². The molecule has 3 unspecified atom stereocenters. The van der Waals surface area contributed by atoms with Crippen molar-refractivity contribution in [3.63, 3.8) is 0 Å². The summed E-state index contributed by atoms with van der Waals surface area (Å²) >= 11 is 0. The summed E-state index contributed by atoms with van der Waals surface area (Å²) in [6.45, 7) is 26.5. The summed E-state index contributed by atoms with van der Waals surface area (Å²) in [6.07, 6.45) is 16.3. The SMILES string of the molecule is C=CC1=C(C/C=C/C(C)C(C)C(C)/C(C)=C/C)c2ccc(/C=C\C)c(C=C)c2C1(C)C.